The van der Waals surface area contributed by atoms with Gasteiger partial charge in [0, 0.05) is 31.3 Å². The molecule has 0 N–H and O–H groups in total. The predicted octanol–water partition coefficient (Wildman–Crippen LogP) is 1.82. The van der Waals surface area contributed by atoms with E-state index in [4.69, 9.17) is 4.74 Å². The second kappa shape index (κ2) is 4.70. The standard InChI is InChI=1S/C12H15N3O2S/c1-9-7-14(3-2-5-17-9)11-10(8-16)15-4-6-18-12(15)13-11/h4,6,8-9H,2-3,5,7H2,1H3. The molecule has 3 heterocycles. The Bertz CT molecular complexity index is 563. The van der Waals surface area contributed by atoms with Crippen LogP contribution in [0, 0.1) is 0 Å². The van der Waals surface area contributed by atoms with Crippen LogP contribution in [0.3, 0.4) is 0 Å². The number of thiazole rings is 1. The van der Waals surface area contributed by atoms with Crippen LogP contribution in [0.25, 0.3) is 4.96 Å². The van der Waals surface area contributed by atoms with Crippen molar-refractivity contribution in [2.24, 2.45) is 0 Å². The Kier molecular flexibility index (Phi) is 3.05. The van der Waals surface area contributed by atoms with E-state index in [0.717, 1.165) is 43.2 Å². The third-order valence-corrected chi connectivity index (χ3v) is 3.90. The Hall–Kier alpha value is -1.40. The number of nitrogens with zero attached hydrogens (tertiary/aromatic N) is 3. The van der Waals surface area contributed by atoms with Crippen molar-refractivity contribution in [2.75, 3.05) is 24.6 Å². The molecule has 0 aliphatic carbocycles. The third-order valence-electron chi connectivity index (χ3n) is 3.14. The van der Waals surface area contributed by atoms with Crippen molar-refractivity contribution in [3.8, 4) is 0 Å². The zero-order chi connectivity index (χ0) is 12.5. The largest absolute Gasteiger partial charge is 0.377 e. The molecular formula is C12H15N3O2S. The van der Waals surface area contributed by atoms with Crippen LogP contribution in [0.15, 0.2) is 11.6 Å². The van der Waals surface area contributed by atoms with Crippen molar-refractivity contribution in [3.63, 3.8) is 0 Å². The molecule has 1 aliphatic heterocycles. The van der Waals surface area contributed by atoms with Crippen LogP contribution >= 0.6 is 11.3 Å². The summed E-state index contributed by atoms with van der Waals surface area (Å²) >= 11 is 1.54. The minimum Gasteiger partial charge on any atom is -0.377 e. The Balaban J connectivity index is 2.01. The third kappa shape index (κ3) is 1.91. The van der Waals surface area contributed by atoms with Crippen molar-refractivity contribution >= 4 is 28.4 Å². The number of aromatic nitrogens is 2. The molecule has 1 unspecified atom stereocenters. The lowest BCUT2D eigenvalue weighted by Crippen LogP contribution is -2.31. The van der Waals surface area contributed by atoms with Crippen molar-refractivity contribution in [2.45, 2.75) is 19.4 Å². The zero-order valence-electron chi connectivity index (χ0n) is 10.2. The van der Waals surface area contributed by atoms with Crippen LogP contribution in [0.4, 0.5) is 5.82 Å². The minimum atomic E-state index is 0.173. The molecule has 0 spiro atoms. The highest BCUT2D eigenvalue weighted by Gasteiger charge is 2.22. The highest BCUT2D eigenvalue weighted by molar-refractivity contribution is 7.15. The highest BCUT2D eigenvalue weighted by atomic mass is 32.1. The number of carbonyl (C=O) groups is 1. The Morgan fingerprint density at radius 2 is 2.50 bits per heavy atom. The number of anilines is 1. The van der Waals surface area contributed by atoms with E-state index in [9.17, 15) is 4.79 Å². The molecule has 2 aromatic heterocycles. The van der Waals surface area contributed by atoms with Gasteiger partial charge in [-0.25, -0.2) is 4.98 Å². The fourth-order valence-corrected chi connectivity index (χ4v) is 3.04. The van der Waals surface area contributed by atoms with E-state index in [-0.39, 0.29) is 6.10 Å². The van der Waals surface area contributed by atoms with Crippen molar-refractivity contribution in [1.82, 2.24) is 9.38 Å². The average molecular weight is 265 g/mol. The van der Waals surface area contributed by atoms with Crippen LogP contribution in [0.1, 0.15) is 23.8 Å². The molecule has 0 saturated carbocycles. The second-order valence-electron chi connectivity index (χ2n) is 4.48. The van der Waals surface area contributed by atoms with Gasteiger partial charge in [-0.3, -0.25) is 9.20 Å². The summed E-state index contributed by atoms with van der Waals surface area (Å²) in [6.07, 6.45) is 3.91. The van der Waals surface area contributed by atoms with Gasteiger partial charge in [-0.05, 0) is 13.3 Å². The number of rotatable bonds is 2. The molecule has 18 heavy (non-hydrogen) atoms. The molecule has 1 atom stereocenters. The molecule has 96 valence electrons. The van der Waals surface area contributed by atoms with Crippen molar-refractivity contribution in [1.29, 1.82) is 0 Å². The monoisotopic (exact) mass is 265 g/mol. The molecule has 2 aromatic rings. The lowest BCUT2D eigenvalue weighted by atomic mass is 10.3. The molecule has 0 amide bonds. The first kappa shape index (κ1) is 11.7. The molecule has 3 rings (SSSR count). The average Bonchev–Trinajstić information content (AvgIpc) is 2.86. The summed E-state index contributed by atoms with van der Waals surface area (Å²) in [5, 5.41) is 1.94. The van der Waals surface area contributed by atoms with Gasteiger partial charge in [0.25, 0.3) is 0 Å². The van der Waals surface area contributed by atoms with Crippen LogP contribution < -0.4 is 4.90 Å². The molecule has 0 bridgehead atoms. The number of aldehydes is 1. The number of ether oxygens (including phenoxy) is 1. The first-order valence-corrected chi connectivity index (χ1v) is 6.95. The number of hydrogen-bond donors (Lipinski definition) is 0. The summed E-state index contributed by atoms with van der Waals surface area (Å²) in [6, 6.07) is 0. The normalized spacial score (nSPS) is 21.2. The topological polar surface area (TPSA) is 46.8 Å². The number of hydrogen-bond acceptors (Lipinski definition) is 5. The van der Waals surface area contributed by atoms with Crippen LogP contribution in [0.5, 0.6) is 0 Å². The number of fused-ring (bicyclic) bond motifs is 1. The highest BCUT2D eigenvalue weighted by Crippen LogP contribution is 2.24. The minimum absolute atomic E-state index is 0.173. The summed E-state index contributed by atoms with van der Waals surface area (Å²) in [6.45, 7) is 4.50. The maximum Gasteiger partial charge on any atom is 0.196 e. The zero-order valence-corrected chi connectivity index (χ0v) is 11.0. The molecule has 1 saturated heterocycles. The second-order valence-corrected chi connectivity index (χ2v) is 5.35. The van der Waals surface area contributed by atoms with Crippen molar-refractivity contribution < 1.29 is 9.53 Å². The summed E-state index contributed by atoms with van der Waals surface area (Å²) in [7, 11) is 0. The van der Waals surface area contributed by atoms with Gasteiger partial charge in [0.05, 0.1) is 6.10 Å². The SMILES string of the molecule is CC1CN(c2nc3sccn3c2C=O)CCCO1. The lowest BCUT2D eigenvalue weighted by molar-refractivity contribution is 0.0820. The summed E-state index contributed by atoms with van der Waals surface area (Å²) in [5.74, 6) is 0.786. The summed E-state index contributed by atoms with van der Waals surface area (Å²) < 4.78 is 7.47. The Labute approximate surface area is 109 Å². The van der Waals surface area contributed by atoms with E-state index in [2.05, 4.69) is 16.8 Å². The van der Waals surface area contributed by atoms with Crippen molar-refractivity contribution in [3.05, 3.63) is 17.3 Å². The van der Waals surface area contributed by atoms with E-state index >= 15 is 0 Å². The number of imidazole rings is 1. The first-order valence-electron chi connectivity index (χ1n) is 6.07. The Morgan fingerprint density at radius 1 is 1.61 bits per heavy atom. The van der Waals surface area contributed by atoms with E-state index in [1.807, 2.05) is 16.0 Å². The molecular weight excluding hydrogens is 250 g/mol. The first-order chi connectivity index (χ1) is 8.79. The molecule has 0 radical (unpaired) electrons. The van der Waals surface area contributed by atoms with E-state index in [1.54, 1.807) is 11.3 Å². The van der Waals surface area contributed by atoms with E-state index in [1.165, 1.54) is 0 Å². The van der Waals surface area contributed by atoms with Gasteiger partial charge in [-0.15, -0.1) is 11.3 Å². The maximum atomic E-state index is 11.3. The molecule has 0 aromatic carbocycles. The van der Waals surface area contributed by atoms with Gasteiger partial charge in [-0.2, -0.15) is 0 Å². The predicted molar refractivity (Wildman–Crippen MR) is 70.7 cm³/mol. The van der Waals surface area contributed by atoms with E-state index < -0.39 is 0 Å². The maximum absolute atomic E-state index is 11.3. The van der Waals surface area contributed by atoms with Gasteiger partial charge in [0.1, 0.15) is 5.69 Å². The molecule has 1 aliphatic rings. The summed E-state index contributed by atoms with van der Waals surface area (Å²) in [4.78, 5) is 18.9. The van der Waals surface area contributed by atoms with Gasteiger partial charge in [0.15, 0.2) is 17.1 Å². The number of carbonyl (C=O) groups excluding carboxylic acids is 1. The van der Waals surface area contributed by atoms with Gasteiger partial charge < -0.3 is 9.64 Å². The lowest BCUT2D eigenvalue weighted by Gasteiger charge is -2.22. The molecule has 5 nitrogen and oxygen atoms in total. The molecule has 6 heteroatoms. The fourth-order valence-electron chi connectivity index (χ4n) is 2.32. The quantitative estimate of drug-likeness (QED) is 0.777. The molecule has 1 fully saturated rings. The fraction of sp³-hybridized carbons (Fsp3) is 0.500. The van der Waals surface area contributed by atoms with Crippen LogP contribution in [-0.2, 0) is 4.74 Å². The van der Waals surface area contributed by atoms with Gasteiger partial charge >= 0.3 is 0 Å². The van der Waals surface area contributed by atoms with Gasteiger partial charge in [0.2, 0.25) is 0 Å². The van der Waals surface area contributed by atoms with Crippen LogP contribution in [-0.4, -0.2) is 41.5 Å². The summed E-state index contributed by atoms with van der Waals surface area (Å²) in [5.41, 5.74) is 0.639. The smallest absolute Gasteiger partial charge is 0.196 e. The van der Waals surface area contributed by atoms with Gasteiger partial charge in [-0.1, -0.05) is 0 Å². The van der Waals surface area contributed by atoms with E-state index in [0.29, 0.717) is 5.69 Å². The van der Waals surface area contributed by atoms with Crippen LogP contribution in [0.2, 0.25) is 0 Å². The Morgan fingerprint density at radius 3 is 3.33 bits per heavy atom.